The van der Waals surface area contributed by atoms with Gasteiger partial charge in [0.2, 0.25) is 0 Å². The van der Waals surface area contributed by atoms with Crippen molar-refractivity contribution in [3.8, 4) is 0 Å². The van der Waals surface area contributed by atoms with Gasteiger partial charge in [-0.05, 0) is 39.2 Å². The van der Waals surface area contributed by atoms with E-state index in [4.69, 9.17) is 0 Å². The normalized spacial score (nSPS) is 12.8. The van der Waals surface area contributed by atoms with Gasteiger partial charge in [0, 0.05) is 12.6 Å². The molecule has 0 bridgehead atoms. The number of aryl methyl sites for hydroxylation is 1. The minimum atomic E-state index is -4.11. The topological polar surface area (TPSA) is 104 Å². The molecule has 0 spiro atoms. The van der Waals surface area contributed by atoms with Gasteiger partial charge in [0.1, 0.15) is 5.69 Å². The van der Waals surface area contributed by atoms with Gasteiger partial charge in [0.25, 0.3) is 15.7 Å². The summed E-state index contributed by atoms with van der Waals surface area (Å²) in [5, 5.41) is 21.7. The summed E-state index contributed by atoms with van der Waals surface area (Å²) in [6.07, 6.45) is -1.03. The van der Waals surface area contributed by atoms with E-state index in [1.165, 1.54) is 36.4 Å². The highest BCUT2D eigenvalue weighted by Gasteiger charge is 2.31. The molecule has 1 atom stereocenters. The first-order valence-electron chi connectivity index (χ1n) is 8.28. The Balaban J connectivity index is 2.56. The van der Waals surface area contributed by atoms with E-state index in [1.54, 1.807) is 31.1 Å². The number of hydrogen-bond acceptors (Lipinski definition) is 6. The predicted molar refractivity (Wildman–Crippen MR) is 103 cm³/mol. The summed E-state index contributed by atoms with van der Waals surface area (Å²) in [7, 11) is -0.621. The fourth-order valence-electron chi connectivity index (χ4n) is 2.66. The molecule has 0 heterocycles. The third-order valence-electron chi connectivity index (χ3n) is 3.91. The van der Waals surface area contributed by atoms with Crippen LogP contribution in [0, 0.1) is 17.0 Å². The van der Waals surface area contributed by atoms with E-state index in [1.807, 2.05) is 6.92 Å². The standard InChI is InChI=1S/C18H23N3O5S/c1-14-8-10-16(11-9-14)27(25,26)20(13-15(22)12-19(2)3)17-6-4-5-7-18(17)21(23)24/h4-11,15,22H,12-13H2,1-3H3/t15-/m0/s1. The number of sulfonamides is 1. The molecular formula is C18H23N3O5S. The van der Waals surface area contributed by atoms with E-state index < -0.39 is 21.1 Å². The van der Waals surface area contributed by atoms with Crippen molar-refractivity contribution >= 4 is 21.4 Å². The van der Waals surface area contributed by atoms with Crippen LogP contribution in [-0.4, -0.2) is 56.6 Å². The van der Waals surface area contributed by atoms with Crippen LogP contribution < -0.4 is 4.31 Å². The molecular weight excluding hydrogens is 370 g/mol. The maximum atomic E-state index is 13.2. The fourth-order valence-corrected chi connectivity index (χ4v) is 4.18. The minimum absolute atomic E-state index is 0.00306. The van der Waals surface area contributed by atoms with Crippen molar-refractivity contribution in [2.75, 3.05) is 31.5 Å². The zero-order valence-corrected chi connectivity index (χ0v) is 16.3. The lowest BCUT2D eigenvalue weighted by atomic mass is 10.2. The molecule has 0 unspecified atom stereocenters. The fraction of sp³-hybridized carbons (Fsp3) is 0.333. The summed E-state index contributed by atoms with van der Waals surface area (Å²) in [6.45, 7) is 1.73. The molecule has 0 aliphatic carbocycles. The van der Waals surface area contributed by atoms with Gasteiger partial charge in [-0.25, -0.2) is 8.42 Å². The van der Waals surface area contributed by atoms with Gasteiger partial charge in [-0.3, -0.25) is 14.4 Å². The molecule has 146 valence electrons. The summed E-state index contributed by atoms with van der Waals surface area (Å²) < 4.78 is 27.3. The molecule has 9 heteroatoms. The van der Waals surface area contributed by atoms with Crippen molar-refractivity contribution in [3.63, 3.8) is 0 Å². The summed E-state index contributed by atoms with van der Waals surface area (Å²) in [6, 6.07) is 11.8. The highest BCUT2D eigenvalue weighted by atomic mass is 32.2. The zero-order valence-electron chi connectivity index (χ0n) is 15.4. The zero-order chi connectivity index (χ0) is 20.2. The SMILES string of the molecule is Cc1ccc(S(=O)(=O)N(C[C@@H](O)CN(C)C)c2ccccc2[N+](=O)[O-])cc1. The predicted octanol–water partition coefficient (Wildman–Crippen LogP) is 2.02. The average molecular weight is 393 g/mol. The van der Waals surface area contributed by atoms with Crippen molar-refractivity contribution in [1.82, 2.24) is 4.90 Å². The van der Waals surface area contributed by atoms with Crippen molar-refractivity contribution in [1.29, 1.82) is 0 Å². The molecule has 2 rings (SSSR count). The van der Waals surface area contributed by atoms with Crippen LogP contribution in [0.5, 0.6) is 0 Å². The number of hydrogen-bond donors (Lipinski definition) is 1. The number of aliphatic hydroxyl groups excluding tert-OH is 1. The first kappa shape index (κ1) is 20.8. The number of nitrogens with zero attached hydrogens (tertiary/aromatic N) is 3. The molecule has 0 fully saturated rings. The molecule has 8 nitrogen and oxygen atoms in total. The Kier molecular flexibility index (Phi) is 6.53. The molecule has 0 radical (unpaired) electrons. The minimum Gasteiger partial charge on any atom is -0.390 e. The number of nitro benzene ring substituents is 1. The van der Waals surface area contributed by atoms with Crippen LogP contribution in [-0.2, 0) is 10.0 Å². The van der Waals surface area contributed by atoms with Crippen LogP contribution in [0.1, 0.15) is 5.56 Å². The van der Waals surface area contributed by atoms with Crippen molar-refractivity contribution in [3.05, 3.63) is 64.2 Å². The Labute approximate surface area is 158 Å². The number of anilines is 1. The highest BCUT2D eigenvalue weighted by molar-refractivity contribution is 7.92. The quantitative estimate of drug-likeness (QED) is 0.544. The van der Waals surface area contributed by atoms with E-state index in [2.05, 4.69) is 0 Å². The van der Waals surface area contributed by atoms with E-state index in [0.717, 1.165) is 9.87 Å². The molecule has 0 aliphatic heterocycles. The van der Waals surface area contributed by atoms with Crippen LogP contribution in [0.2, 0.25) is 0 Å². The Bertz CT molecular complexity index is 897. The van der Waals surface area contributed by atoms with Gasteiger partial charge in [-0.2, -0.15) is 0 Å². The third kappa shape index (κ3) is 5.03. The van der Waals surface area contributed by atoms with Gasteiger partial charge < -0.3 is 10.0 Å². The van der Waals surface area contributed by atoms with Crippen molar-refractivity contribution in [2.24, 2.45) is 0 Å². The molecule has 0 amide bonds. The average Bonchev–Trinajstić information content (AvgIpc) is 2.59. The van der Waals surface area contributed by atoms with E-state index >= 15 is 0 Å². The molecule has 0 saturated carbocycles. The number of nitro groups is 1. The first-order valence-corrected chi connectivity index (χ1v) is 9.72. The number of rotatable bonds is 8. The number of likely N-dealkylation sites (N-methyl/N-ethyl adjacent to an activating group) is 1. The van der Waals surface area contributed by atoms with Gasteiger partial charge >= 0.3 is 0 Å². The number of aliphatic hydroxyl groups is 1. The second-order valence-corrected chi connectivity index (χ2v) is 8.37. The van der Waals surface area contributed by atoms with Crippen LogP contribution in [0.25, 0.3) is 0 Å². The van der Waals surface area contributed by atoms with Crippen molar-refractivity contribution in [2.45, 2.75) is 17.9 Å². The third-order valence-corrected chi connectivity index (χ3v) is 5.70. The lowest BCUT2D eigenvalue weighted by Crippen LogP contribution is -2.41. The smallest absolute Gasteiger partial charge is 0.293 e. The Morgan fingerprint density at radius 2 is 1.67 bits per heavy atom. The van der Waals surface area contributed by atoms with Gasteiger partial charge in [-0.15, -0.1) is 0 Å². The molecule has 0 aliphatic rings. The Morgan fingerprint density at radius 3 is 2.22 bits per heavy atom. The van der Waals surface area contributed by atoms with Crippen LogP contribution in [0.3, 0.4) is 0 Å². The molecule has 1 N–H and O–H groups in total. The molecule has 2 aromatic rings. The first-order chi connectivity index (χ1) is 12.6. The maximum absolute atomic E-state index is 13.2. The van der Waals surface area contributed by atoms with E-state index in [-0.39, 0.29) is 29.4 Å². The Hall–Kier alpha value is -2.49. The molecule has 0 saturated heterocycles. The molecule has 0 aromatic heterocycles. The van der Waals surface area contributed by atoms with Crippen LogP contribution >= 0.6 is 0 Å². The summed E-state index contributed by atoms with van der Waals surface area (Å²) in [5.41, 5.74) is 0.463. The second-order valence-electron chi connectivity index (χ2n) is 6.51. The highest BCUT2D eigenvalue weighted by Crippen LogP contribution is 2.32. The number of benzene rings is 2. The summed E-state index contributed by atoms with van der Waals surface area (Å²) >= 11 is 0. The maximum Gasteiger partial charge on any atom is 0.293 e. The lowest BCUT2D eigenvalue weighted by Gasteiger charge is -2.27. The second kappa shape index (κ2) is 8.47. The summed E-state index contributed by atoms with van der Waals surface area (Å²) in [4.78, 5) is 12.5. The monoisotopic (exact) mass is 393 g/mol. The van der Waals surface area contributed by atoms with Gasteiger partial charge in [-0.1, -0.05) is 29.8 Å². The lowest BCUT2D eigenvalue weighted by molar-refractivity contribution is -0.384. The molecule has 2 aromatic carbocycles. The van der Waals surface area contributed by atoms with Gasteiger partial charge in [0.15, 0.2) is 0 Å². The van der Waals surface area contributed by atoms with E-state index in [0.29, 0.717) is 0 Å². The number of para-hydroxylation sites is 2. The largest absolute Gasteiger partial charge is 0.390 e. The van der Waals surface area contributed by atoms with E-state index in [9.17, 15) is 23.6 Å². The Morgan fingerprint density at radius 1 is 1.07 bits per heavy atom. The van der Waals surface area contributed by atoms with Gasteiger partial charge in [0.05, 0.1) is 22.5 Å². The van der Waals surface area contributed by atoms with Crippen LogP contribution in [0.15, 0.2) is 53.4 Å². The van der Waals surface area contributed by atoms with Crippen LogP contribution in [0.4, 0.5) is 11.4 Å². The summed E-state index contributed by atoms with van der Waals surface area (Å²) in [5.74, 6) is 0. The molecule has 27 heavy (non-hydrogen) atoms. The van der Waals surface area contributed by atoms with Crippen molar-refractivity contribution < 1.29 is 18.4 Å².